The zero-order chi connectivity index (χ0) is 13.1. The lowest BCUT2D eigenvalue weighted by atomic mass is 10.2. The minimum Gasteiger partial charge on any atom is -0.478 e. The fraction of sp³-hybridized carbons (Fsp3) is 0.0833. The van der Waals surface area contributed by atoms with Gasteiger partial charge in [0.2, 0.25) is 5.91 Å². The second-order valence-electron chi connectivity index (χ2n) is 3.65. The van der Waals surface area contributed by atoms with E-state index >= 15 is 0 Å². The molecule has 1 heterocycles. The van der Waals surface area contributed by atoms with E-state index in [1.807, 2.05) is 25.1 Å². The van der Waals surface area contributed by atoms with Crippen LogP contribution in [0.25, 0.3) is 10.2 Å². The molecule has 5 nitrogen and oxygen atoms in total. The third kappa shape index (κ3) is 2.92. The number of rotatable bonds is 3. The van der Waals surface area contributed by atoms with Crippen LogP contribution in [0.15, 0.2) is 30.4 Å². The van der Waals surface area contributed by atoms with Crippen molar-refractivity contribution in [3.8, 4) is 0 Å². The molecule has 92 valence electrons. The van der Waals surface area contributed by atoms with Crippen molar-refractivity contribution < 1.29 is 14.7 Å². The van der Waals surface area contributed by atoms with Crippen LogP contribution in [0.3, 0.4) is 0 Å². The van der Waals surface area contributed by atoms with Crippen LogP contribution in [-0.4, -0.2) is 22.0 Å². The van der Waals surface area contributed by atoms with Crippen molar-refractivity contribution in [1.29, 1.82) is 0 Å². The van der Waals surface area contributed by atoms with Crippen molar-refractivity contribution >= 4 is 38.6 Å². The van der Waals surface area contributed by atoms with Gasteiger partial charge in [-0.1, -0.05) is 17.4 Å². The molecule has 0 atom stereocenters. The van der Waals surface area contributed by atoms with Gasteiger partial charge in [0.1, 0.15) is 0 Å². The molecule has 0 saturated carbocycles. The van der Waals surface area contributed by atoms with Gasteiger partial charge in [-0.2, -0.15) is 0 Å². The Hall–Kier alpha value is -2.21. The molecule has 0 fully saturated rings. The molecule has 1 aromatic carbocycles. The zero-order valence-electron chi connectivity index (χ0n) is 9.51. The quantitative estimate of drug-likeness (QED) is 0.831. The number of hydrogen-bond acceptors (Lipinski definition) is 4. The highest BCUT2D eigenvalue weighted by Gasteiger charge is 2.06. The molecule has 0 unspecified atom stereocenters. The van der Waals surface area contributed by atoms with Crippen LogP contribution in [-0.2, 0) is 9.59 Å². The molecule has 18 heavy (non-hydrogen) atoms. The fourth-order valence-electron chi connectivity index (χ4n) is 1.38. The molecule has 2 aromatic rings. The van der Waals surface area contributed by atoms with Crippen LogP contribution in [0.4, 0.5) is 5.13 Å². The molecule has 0 bridgehead atoms. The Kier molecular flexibility index (Phi) is 3.38. The van der Waals surface area contributed by atoms with Crippen LogP contribution in [0.1, 0.15) is 5.56 Å². The Bertz CT molecular complexity index is 646. The van der Waals surface area contributed by atoms with E-state index in [4.69, 9.17) is 5.11 Å². The average Bonchev–Trinajstić information content (AvgIpc) is 2.67. The number of thiazole rings is 1. The predicted molar refractivity (Wildman–Crippen MR) is 69.8 cm³/mol. The Morgan fingerprint density at radius 1 is 1.39 bits per heavy atom. The first-order valence-corrected chi connectivity index (χ1v) is 5.95. The molecule has 2 rings (SSSR count). The Morgan fingerprint density at radius 2 is 2.17 bits per heavy atom. The number of carboxylic acid groups (broad SMARTS) is 1. The minimum atomic E-state index is -1.16. The zero-order valence-corrected chi connectivity index (χ0v) is 10.3. The first-order valence-electron chi connectivity index (χ1n) is 5.14. The van der Waals surface area contributed by atoms with Crippen LogP contribution >= 0.6 is 11.3 Å². The summed E-state index contributed by atoms with van der Waals surface area (Å²) in [6.45, 7) is 1.98. The lowest BCUT2D eigenvalue weighted by molar-refractivity contribution is -0.131. The fourth-order valence-corrected chi connectivity index (χ4v) is 2.35. The number of hydrogen-bond donors (Lipinski definition) is 2. The van der Waals surface area contributed by atoms with E-state index < -0.39 is 11.9 Å². The largest absolute Gasteiger partial charge is 0.478 e. The van der Waals surface area contributed by atoms with E-state index in [-0.39, 0.29) is 0 Å². The summed E-state index contributed by atoms with van der Waals surface area (Å²) >= 11 is 1.35. The maximum absolute atomic E-state index is 11.4. The summed E-state index contributed by atoms with van der Waals surface area (Å²) in [5.74, 6) is -1.67. The lowest BCUT2D eigenvalue weighted by Gasteiger charge is -1.93. The van der Waals surface area contributed by atoms with Gasteiger partial charge < -0.3 is 5.11 Å². The first-order chi connectivity index (χ1) is 8.54. The maximum atomic E-state index is 11.4. The predicted octanol–water partition coefficient (Wildman–Crippen LogP) is 2.18. The van der Waals surface area contributed by atoms with Crippen LogP contribution < -0.4 is 5.32 Å². The Balaban J connectivity index is 2.17. The van der Waals surface area contributed by atoms with Gasteiger partial charge in [0, 0.05) is 12.2 Å². The highest BCUT2D eigenvalue weighted by Crippen LogP contribution is 2.26. The number of aliphatic carboxylic acids is 1. The Morgan fingerprint density at radius 3 is 2.89 bits per heavy atom. The van der Waals surface area contributed by atoms with Gasteiger partial charge in [0.25, 0.3) is 0 Å². The number of aryl methyl sites for hydroxylation is 1. The summed E-state index contributed by atoms with van der Waals surface area (Å²) in [5.41, 5.74) is 1.93. The van der Waals surface area contributed by atoms with Gasteiger partial charge >= 0.3 is 5.97 Å². The summed E-state index contributed by atoms with van der Waals surface area (Å²) in [6.07, 6.45) is 1.74. The molecule has 2 N–H and O–H groups in total. The van der Waals surface area contributed by atoms with Gasteiger partial charge in [0.05, 0.1) is 10.2 Å². The van der Waals surface area contributed by atoms with Crippen molar-refractivity contribution in [3.63, 3.8) is 0 Å². The lowest BCUT2D eigenvalue weighted by Crippen LogP contribution is -2.08. The number of nitrogens with zero attached hydrogens (tertiary/aromatic N) is 1. The van der Waals surface area contributed by atoms with E-state index in [9.17, 15) is 9.59 Å². The second-order valence-corrected chi connectivity index (χ2v) is 4.68. The smallest absolute Gasteiger partial charge is 0.328 e. The van der Waals surface area contributed by atoms with E-state index in [1.54, 1.807) is 0 Å². The molecular formula is C12H10N2O3S. The first kappa shape index (κ1) is 12.3. The number of carboxylic acids is 1. The Labute approximate surface area is 107 Å². The second kappa shape index (κ2) is 4.97. The molecule has 0 saturated heterocycles. The molecule has 0 aliphatic rings. The number of anilines is 1. The number of nitrogens with one attached hydrogen (secondary N) is 1. The summed E-state index contributed by atoms with van der Waals surface area (Å²) in [5, 5.41) is 11.4. The van der Waals surface area contributed by atoms with E-state index in [1.165, 1.54) is 11.3 Å². The molecular weight excluding hydrogens is 252 g/mol. The van der Waals surface area contributed by atoms with Crippen molar-refractivity contribution in [2.24, 2.45) is 0 Å². The van der Waals surface area contributed by atoms with Crippen molar-refractivity contribution in [2.75, 3.05) is 5.32 Å². The minimum absolute atomic E-state index is 0.454. The van der Waals surface area contributed by atoms with E-state index in [2.05, 4.69) is 10.3 Å². The van der Waals surface area contributed by atoms with Gasteiger partial charge in [-0.15, -0.1) is 0 Å². The van der Waals surface area contributed by atoms with Gasteiger partial charge in [-0.05, 0) is 24.6 Å². The number of aromatic nitrogens is 1. The van der Waals surface area contributed by atoms with Crippen molar-refractivity contribution in [3.05, 3.63) is 35.9 Å². The van der Waals surface area contributed by atoms with E-state index in [0.29, 0.717) is 5.13 Å². The molecule has 0 aliphatic carbocycles. The number of fused-ring (bicyclic) bond motifs is 1. The maximum Gasteiger partial charge on any atom is 0.328 e. The highest BCUT2D eigenvalue weighted by molar-refractivity contribution is 7.22. The average molecular weight is 262 g/mol. The molecule has 0 spiro atoms. The van der Waals surface area contributed by atoms with Crippen molar-refractivity contribution in [1.82, 2.24) is 4.98 Å². The highest BCUT2D eigenvalue weighted by atomic mass is 32.1. The molecule has 6 heteroatoms. The topological polar surface area (TPSA) is 79.3 Å². The van der Waals surface area contributed by atoms with Crippen LogP contribution in [0.5, 0.6) is 0 Å². The summed E-state index contributed by atoms with van der Waals surface area (Å²) in [6, 6.07) is 5.80. The summed E-state index contributed by atoms with van der Waals surface area (Å²) in [7, 11) is 0. The van der Waals surface area contributed by atoms with Gasteiger partial charge in [0.15, 0.2) is 5.13 Å². The van der Waals surface area contributed by atoms with Crippen molar-refractivity contribution in [2.45, 2.75) is 6.92 Å². The normalized spacial score (nSPS) is 10.9. The van der Waals surface area contributed by atoms with Gasteiger partial charge in [-0.3, -0.25) is 10.1 Å². The summed E-state index contributed by atoms with van der Waals surface area (Å²) < 4.78 is 0.979. The molecule has 1 amide bonds. The molecule has 0 radical (unpaired) electrons. The standard InChI is InChI=1S/C12H10N2O3S/c1-7-2-3-8-9(6-7)18-12(13-8)14-10(15)4-5-11(16)17/h2-6H,1H3,(H,16,17)(H,13,14,15). The SMILES string of the molecule is Cc1ccc2nc(NC(=O)C=CC(=O)O)sc2c1. The molecule has 0 aliphatic heterocycles. The van der Waals surface area contributed by atoms with Crippen LogP contribution in [0.2, 0.25) is 0 Å². The third-order valence-corrected chi connectivity index (χ3v) is 3.08. The van der Waals surface area contributed by atoms with E-state index in [0.717, 1.165) is 27.9 Å². The number of carbonyl (C=O) groups is 2. The molecule has 1 aromatic heterocycles. The summed E-state index contributed by atoms with van der Waals surface area (Å²) in [4.78, 5) is 25.8. The number of carbonyl (C=O) groups excluding carboxylic acids is 1. The van der Waals surface area contributed by atoms with Gasteiger partial charge in [-0.25, -0.2) is 9.78 Å². The number of benzene rings is 1. The van der Waals surface area contributed by atoms with Crippen LogP contribution in [0, 0.1) is 6.92 Å². The number of amides is 1. The monoisotopic (exact) mass is 262 g/mol. The third-order valence-electron chi connectivity index (χ3n) is 2.15.